The van der Waals surface area contributed by atoms with Crippen molar-refractivity contribution >= 4 is 5.91 Å². The molecule has 1 aromatic rings. The molecular weight excluding hydrogens is 316 g/mol. The zero-order valence-electron chi connectivity index (χ0n) is 13.9. The van der Waals surface area contributed by atoms with Crippen LogP contribution in [0.25, 0.3) is 0 Å². The Morgan fingerprint density at radius 2 is 2.04 bits per heavy atom. The normalized spacial score (nSPS) is 26.5. The highest BCUT2D eigenvalue weighted by atomic mass is 19.3. The summed E-state index contributed by atoms with van der Waals surface area (Å²) in [6.07, 6.45) is 5.07. The van der Waals surface area contributed by atoms with Gasteiger partial charge < -0.3 is 14.8 Å². The summed E-state index contributed by atoms with van der Waals surface area (Å²) in [7, 11) is 1.35. The molecule has 4 nitrogen and oxygen atoms in total. The molecule has 1 amide bonds. The number of halogens is 2. The van der Waals surface area contributed by atoms with Crippen LogP contribution in [0.15, 0.2) is 18.2 Å². The van der Waals surface area contributed by atoms with Crippen LogP contribution < -0.4 is 14.8 Å². The third-order valence-electron chi connectivity index (χ3n) is 5.44. The Morgan fingerprint density at radius 3 is 2.62 bits per heavy atom. The molecule has 0 spiro atoms. The van der Waals surface area contributed by atoms with Crippen molar-refractivity contribution < 1.29 is 23.0 Å². The maximum absolute atomic E-state index is 12.5. The van der Waals surface area contributed by atoms with E-state index in [9.17, 15) is 13.6 Å². The number of hydrogen-bond acceptors (Lipinski definition) is 3. The third-order valence-corrected chi connectivity index (χ3v) is 5.44. The van der Waals surface area contributed by atoms with Crippen molar-refractivity contribution in [2.45, 2.75) is 45.3 Å². The van der Waals surface area contributed by atoms with Crippen LogP contribution in [0.5, 0.6) is 11.5 Å². The summed E-state index contributed by atoms with van der Waals surface area (Å²) >= 11 is 0. The van der Waals surface area contributed by atoms with Gasteiger partial charge in [0.15, 0.2) is 11.5 Å². The second-order valence-electron chi connectivity index (χ2n) is 6.84. The van der Waals surface area contributed by atoms with Gasteiger partial charge in [-0.15, -0.1) is 0 Å². The zero-order valence-corrected chi connectivity index (χ0v) is 13.9. The lowest BCUT2D eigenvalue weighted by atomic mass is 9.84. The third kappa shape index (κ3) is 3.47. The molecule has 0 heterocycles. The van der Waals surface area contributed by atoms with Crippen molar-refractivity contribution in [1.82, 2.24) is 5.32 Å². The van der Waals surface area contributed by atoms with Gasteiger partial charge in [-0.25, -0.2) is 0 Å². The molecule has 2 bridgehead atoms. The molecule has 2 saturated carbocycles. The van der Waals surface area contributed by atoms with Crippen LogP contribution >= 0.6 is 0 Å². The molecule has 132 valence electrons. The van der Waals surface area contributed by atoms with Gasteiger partial charge in [-0.1, -0.05) is 6.42 Å². The Labute approximate surface area is 140 Å². The van der Waals surface area contributed by atoms with Gasteiger partial charge in [0.25, 0.3) is 5.91 Å². The summed E-state index contributed by atoms with van der Waals surface area (Å²) < 4.78 is 34.1. The number of rotatable bonds is 6. The minimum atomic E-state index is -2.93. The first-order valence-electron chi connectivity index (χ1n) is 8.41. The molecule has 2 fully saturated rings. The number of carbonyl (C=O) groups excluding carboxylic acids is 1. The summed E-state index contributed by atoms with van der Waals surface area (Å²) in [5.74, 6) is 1.91. The molecule has 1 aromatic carbocycles. The molecule has 6 heteroatoms. The number of carbonyl (C=O) groups is 1. The molecule has 2 aliphatic carbocycles. The van der Waals surface area contributed by atoms with Crippen LogP contribution in [0.3, 0.4) is 0 Å². The average Bonchev–Trinajstić information content (AvgIpc) is 3.17. The quantitative estimate of drug-likeness (QED) is 0.856. The first-order chi connectivity index (χ1) is 11.5. The number of hydrogen-bond donors (Lipinski definition) is 1. The SMILES string of the molecule is COc1cc(C(=O)N[C@H](C)[C@H]2C[C@@H]3CC[C@@H]2C3)ccc1OC(F)F. The first-order valence-corrected chi connectivity index (χ1v) is 8.41. The molecule has 24 heavy (non-hydrogen) atoms. The number of amides is 1. The van der Waals surface area contributed by atoms with E-state index in [-0.39, 0.29) is 23.4 Å². The van der Waals surface area contributed by atoms with Crippen molar-refractivity contribution in [2.24, 2.45) is 17.8 Å². The van der Waals surface area contributed by atoms with E-state index in [2.05, 4.69) is 17.0 Å². The number of alkyl halides is 2. The molecule has 0 unspecified atom stereocenters. The second-order valence-corrected chi connectivity index (χ2v) is 6.84. The molecule has 0 radical (unpaired) electrons. The predicted octanol–water partition coefficient (Wildman–Crippen LogP) is 3.85. The van der Waals surface area contributed by atoms with Gasteiger partial charge >= 0.3 is 6.61 Å². The van der Waals surface area contributed by atoms with Crippen molar-refractivity contribution in [2.75, 3.05) is 7.11 Å². The van der Waals surface area contributed by atoms with Gasteiger partial charge in [-0.3, -0.25) is 4.79 Å². The highest BCUT2D eigenvalue weighted by Crippen LogP contribution is 2.49. The molecule has 0 aliphatic heterocycles. The van der Waals surface area contributed by atoms with Crippen LogP contribution in [0, 0.1) is 17.8 Å². The standard InChI is InChI=1S/C18H23F2NO3/c1-10(14-8-11-3-4-12(14)7-11)21-17(22)13-5-6-15(24-18(19)20)16(9-13)23-2/h5-6,9-12,14,18H,3-4,7-8H2,1-2H3,(H,21,22)/t10-,11-,12-,14-/m1/s1. The van der Waals surface area contributed by atoms with E-state index in [0.717, 1.165) is 11.8 Å². The smallest absolute Gasteiger partial charge is 0.387 e. The molecule has 1 N–H and O–H groups in total. The first kappa shape index (κ1) is 17.0. The number of methoxy groups -OCH3 is 1. The topological polar surface area (TPSA) is 47.6 Å². The highest BCUT2D eigenvalue weighted by molar-refractivity contribution is 5.95. The van der Waals surface area contributed by atoms with Crippen LogP contribution in [-0.4, -0.2) is 25.7 Å². The maximum Gasteiger partial charge on any atom is 0.387 e. The van der Waals surface area contributed by atoms with E-state index in [1.54, 1.807) is 0 Å². The summed E-state index contributed by atoms with van der Waals surface area (Å²) in [5, 5.41) is 3.05. The Bertz CT molecular complexity index is 608. The van der Waals surface area contributed by atoms with Crippen molar-refractivity contribution in [3.8, 4) is 11.5 Å². The fourth-order valence-electron chi connectivity index (χ4n) is 4.31. The van der Waals surface area contributed by atoms with Crippen molar-refractivity contribution in [1.29, 1.82) is 0 Å². The Morgan fingerprint density at radius 1 is 1.25 bits per heavy atom. The number of benzene rings is 1. The van der Waals surface area contributed by atoms with Gasteiger partial charge in [-0.05, 0) is 62.1 Å². The second kappa shape index (κ2) is 6.95. The molecule has 2 aliphatic rings. The molecule has 4 atom stereocenters. The monoisotopic (exact) mass is 339 g/mol. The number of fused-ring (bicyclic) bond motifs is 2. The largest absolute Gasteiger partial charge is 0.493 e. The van der Waals surface area contributed by atoms with Crippen molar-refractivity contribution in [3.63, 3.8) is 0 Å². The minimum absolute atomic E-state index is 0.0785. The van der Waals surface area contributed by atoms with Gasteiger partial charge in [0, 0.05) is 11.6 Å². The summed E-state index contributed by atoms with van der Waals surface area (Å²) in [6.45, 7) is -0.884. The summed E-state index contributed by atoms with van der Waals surface area (Å²) in [4.78, 5) is 12.5. The lowest BCUT2D eigenvalue weighted by Crippen LogP contribution is -2.40. The number of nitrogens with one attached hydrogen (secondary N) is 1. The molecule has 3 rings (SSSR count). The van der Waals surface area contributed by atoms with E-state index in [1.807, 2.05) is 0 Å². The lowest BCUT2D eigenvalue weighted by Gasteiger charge is -2.28. The van der Waals surface area contributed by atoms with E-state index >= 15 is 0 Å². The Balaban J connectivity index is 1.66. The van der Waals surface area contributed by atoms with Crippen LogP contribution in [-0.2, 0) is 0 Å². The Kier molecular flexibility index (Phi) is 4.92. The van der Waals surface area contributed by atoms with Gasteiger partial charge in [0.05, 0.1) is 7.11 Å². The minimum Gasteiger partial charge on any atom is -0.493 e. The van der Waals surface area contributed by atoms with Crippen molar-refractivity contribution in [3.05, 3.63) is 23.8 Å². The van der Waals surface area contributed by atoms with Crippen LogP contribution in [0.4, 0.5) is 8.78 Å². The van der Waals surface area contributed by atoms with E-state index in [1.165, 1.54) is 51.0 Å². The van der Waals surface area contributed by atoms with E-state index < -0.39 is 6.61 Å². The van der Waals surface area contributed by atoms with Gasteiger partial charge in [-0.2, -0.15) is 8.78 Å². The predicted molar refractivity (Wildman–Crippen MR) is 85.5 cm³/mol. The number of ether oxygens (including phenoxy) is 2. The zero-order chi connectivity index (χ0) is 17.3. The summed E-state index contributed by atoms with van der Waals surface area (Å²) in [6, 6.07) is 4.35. The van der Waals surface area contributed by atoms with Gasteiger partial charge in [0.2, 0.25) is 0 Å². The summed E-state index contributed by atoms with van der Waals surface area (Å²) in [5.41, 5.74) is 0.378. The molecule has 0 saturated heterocycles. The van der Waals surface area contributed by atoms with E-state index in [0.29, 0.717) is 11.5 Å². The Hall–Kier alpha value is -1.85. The van der Waals surface area contributed by atoms with Crippen LogP contribution in [0.1, 0.15) is 43.0 Å². The maximum atomic E-state index is 12.5. The van der Waals surface area contributed by atoms with E-state index in [4.69, 9.17) is 4.74 Å². The molecular formula is C18H23F2NO3. The fourth-order valence-corrected chi connectivity index (χ4v) is 4.31. The molecule has 0 aromatic heterocycles. The average molecular weight is 339 g/mol. The highest BCUT2D eigenvalue weighted by Gasteiger charge is 2.42. The lowest BCUT2D eigenvalue weighted by molar-refractivity contribution is -0.0512. The van der Waals surface area contributed by atoms with Crippen LogP contribution in [0.2, 0.25) is 0 Å². The fraction of sp³-hybridized carbons (Fsp3) is 0.611. The van der Waals surface area contributed by atoms with Gasteiger partial charge in [0.1, 0.15) is 0 Å².